The van der Waals surface area contributed by atoms with Crippen molar-refractivity contribution in [1.29, 1.82) is 0 Å². The predicted molar refractivity (Wildman–Crippen MR) is 88.0 cm³/mol. The topological polar surface area (TPSA) is 49.8 Å². The lowest BCUT2D eigenvalue weighted by atomic mass is 10.2. The SMILES string of the molecule is CCNc1ncnc(Nc2ccc(Br)c(Cl)c2)c1CC. The Hall–Kier alpha value is -1.33. The van der Waals surface area contributed by atoms with Crippen LogP contribution in [-0.2, 0) is 6.42 Å². The Kier molecular flexibility index (Phi) is 5.20. The molecule has 20 heavy (non-hydrogen) atoms. The molecule has 0 saturated heterocycles. The molecule has 0 atom stereocenters. The summed E-state index contributed by atoms with van der Waals surface area (Å²) in [5, 5.41) is 7.20. The molecule has 0 aliphatic carbocycles. The molecule has 0 aliphatic heterocycles. The number of nitrogens with one attached hydrogen (secondary N) is 2. The molecule has 4 nitrogen and oxygen atoms in total. The maximum atomic E-state index is 6.10. The van der Waals surface area contributed by atoms with Gasteiger partial charge in [-0.15, -0.1) is 0 Å². The molecule has 1 aromatic carbocycles. The molecule has 1 aromatic heterocycles. The van der Waals surface area contributed by atoms with Gasteiger partial charge in [-0.05, 0) is 47.5 Å². The van der Waals surface area contributed by atoms with Gasteiger partial charge in [0.05, 0.1) is 5.02 Å². The van der Waals surface area contributed by atoms with E-state index in [-0.39, 0.29) is 0 Å². The van der Waals surface area contributed by atoms with E-state index >= 15 is 0 Å². The molecule has 0 aliphatic rings. The Bertz CT molecular complexity index is 604. The molecule has 0 spiro atoms. The van der Waals surface area contributed by atoms with Gasteiger partial charge in [0, 0.05) is 22.3 Å². The summed E-state index contributed by atoms with van der Waals surface area (Å²) in [4.78, 5) is 8.60. The number of benzene rings is 1. The maximum Gasteiger partial charge on any atom is 0.139 e. The van der Waals surface area contributed by atoms with Crippen molar-refractivity contribution in [1.82, 2.24) is 9.97 Å². The molecule has 106 valence electrons. The highest BCUT2D eigenvalue weighted by molar-refractivity contribution is 9.10. The Labute approximate surface area is 132 Å². The molecule has 6 heteroatoms. The third-order valence-electron chi connectivity index (χ3n) is 2.83. The van der Waals surface area contributed by atoms with Crippen LogP contribution in [-0.4, -0.2) is 16.5 Å². The summed E-state index contributed by atoms with van der Waals surface area (Å²) in [5.74, 6) is 1.67. The van der Waals surface area contributed by atoms with Gasteiger partial charge in [-0.3, -0.25) is 0 Å². The summed E-state index contributed by atoms with van der Waals surface area (Å²) in [6.45, 7) is 4.95. The van der Waals surface area contributed by atoms with Gasteiger partial charge in [0.25, 0.3) is 0 Å². The van der Waals surface area contributed by atoms with E-state index in [0.717, 1.165) is 40.3 Å². The largest absolute Gasteiger partial charge is 0.370 e. The molecule has 0 amide bonds. The molecule has 2 N–H and O–H groups in total. The van der Waals surface area contributed by atoms with E-state index in [1.807, 2.05) is 25.1 Å². The first-order valence-corrected chi connectivity index (χ1v) is 7.62. The first-order chi connectivity index (χ1) is 9.65. The zero-order valence-corrected chi connectivity index (χ0v) is 13.7. The molecule has 0 fully saturated rings. The summed E-state index contributed by atoms with van der Waals surface area (Å²) >= 11 is 9.48. The van der Waals surface area contributed by atoms with Crippen molar-refractivity contribution in [2.75, 3.05) is 17.2 Å². The fourth-order valence-corrected chi connectivity index (χ4v) is 2.31. The van der Waals surface area contributed by atoms with Gasteiger partial charge in [0.2, 0.25) is 0 Å². The van der Waals surface area contributed by atoms with Gasteiger partial charge >= 0.3 is 0 Å². The smallest absolute Gasteiger partial charge is 0.139 e. The van der Waals surface area contributed by atoms with Crippen LogP contribution >= 0.6 is 27.5 Å². The van der Waals surface area contributed by atoms with Crippen molar-refractivity contribution >= 4 is 44.9 Å². The highest BCUT2D eigenvalue weighted by Crippen LogP contribution is 2.29. The summed E-state index contributed by atoms with van der Waals surface area (Å²) in [7, 11) is 0. The first-order valence-electron chi connectivity index (χ1n) is 6.45. The quantitative estimate of drug-likeness (QED) is 0.821. The van der Waals surface area contributed by atoms with Crippen LogP contribution in [0.2, 0.25) is 5.02 Å². The lowest BCUT2D eigenvalue weighted by Crippen LogP contribution is -2.07. The molecule has 0 bridgehead atoms. The number of hydrogen-bond donors (Lipinski definition) is 2. The Morgan fingerprint density at radius 1 is 1.20 bits per heavy atom. The van der Waals surface area contributed by atoms with Crippen molar-refractivity contribution in [2.24, 2.45) is 0 Å². The second kappa shape index (κ2) is 6.90. The highest BCUT2D eigenvalue weighted by Gasteiger charge is 2.10. The molecule has 2 rings (SSSR count). The minimum absolute atomic E-state index is 0.661. The van der Waals surface area contributed by atoms with E-state index in [2.05, 4.69) is 43.5 Å². The van der Waals surface area contributed by atoms with Gasteiger partial charge in [0.1, 0.15) is 18.0 Å². The monoisotopic (exact) mass is 354 g/mol. The molecular weight excluding hydrogens is 340 g/mol. The van der Waals surface area contributed by atoms with Crippen molar-refractivity contribution < 1.29 is 0 Å². The molecule has 1 heterocycles. The minimum Gasteiger partial charge on any atom is -0.370 e. The highest BCUT2D eigenvalue weighted by atomic mass is 79.9. The van der Waals surface area contributed by atoms with Crippen LogP contribution in [0.5, 0.6) is 0 Å². The Morgan fingerprint density at radius 2 is 1.95 bits per heavy atom. The van der Waals surface area contributed by atoms with Crippen LogP contribution in [0.25, 0.3) is 0 Å². The van der Waals surface area contributed by atoms with Crippen LogP contribution in [0.3, 0.4) is 0 Å². The van der Waals surface area contributed by atoms with E-state index in [1.54, 1.807) is 6.33 Å². The van der Waals surface area contributed by atoms with E-state index in [0.29, 0.717) is 5.02 Å². The molecular formula is C14H16BrClN4. The molecule has 2 aromatic rings. The van der Waals surface area contributed by atoms with Gasteiger partial charge in [-0.1, -0.05) is 18.5 Å². The zero-order chi connectivity index (χ0) is 14.5. The van der Waals surface area contributed by atoms with E-state index < -0.39 is 0 Å². The maximum absolute atomic E-state index is 6.10. The van der Waals surface area contributed by atoms with Crippen LogP contribution in [0.1, 0.15) is 19.4 Å². The second-order valence-electron chi connectivity index (χ2n) is 4.19. The Morgan fingerprint density at radius 3 is 2.60 bits per heavy atom. The van der Waals surface area contributed by atoms with E-state index in [9.17, 15) is 0 Å². The fourth-order valence-electron chi connectivity index (χ4n) is 1.89. The molecule has 0 saturated carbocycles. The summed E-state index contributed by atoms with van der Waals surface area (Å²) in [6, 6.07) is 5.72. The average Bonchev–Trinajstić information content (AvgIpc) is 2.44. The van der Waals surface area contributed by atoms with Crippen LogP contribution in [0.15, 0.2) is 29.0 Å². The molecule has 0 radical (unpaired) electrons. The summed E-state index contributed by atoms with van der Waals surface area (Å²) < 4.78 is 0.872. The van der Waals surface area contributed by atoms with Gasteiger partial charge in [0.15, 0.2) is 0 Å². The standard InChI is InChI=1S/C14H16BrClN4/c1-3-10-13(17-4-2)18-8-19-14(10)20-9-5-6-11(15)12(16)7-9/h5-8H,3-4H2,1-2H3,(H2,17,18,19,20). The van der Waals surface area contributed by atoms with Crippen LogP contribution < -0.4 is 10.6 Å². The fraction of sp³-hybridized carbons (Fsp3) is 0.286. The number of hydrogen-bond acceptors (Lipinski definition) is 4. The number of aromatic nitrogens is 2. The van der Waals surface area contributed by atoms with Crippen molar-refractivity contribution in [2.45, 2.75) is 20.3 Å². The van der Waals surface area contributed by atoms with Gasteiger partial charge in [-0.25, -0.2) is 9.97 Å². The summed E-state index contributed by atoms with van der Waals surface area (Å²) in [6.07, 6.45) is 2.40. The van der Waals surface area contributed by atoms with Gasteiger partial charge < -0.3 is 10.6 Å². The first kappa shape index (κ1) is 15.1. The lowest BCUT2D eigenvalue weighted by molar-refractivity contribution is 1.03. The van der Waals surface area contributed by atoms with Crippen LogP contribution in [0.4, 0.5) is 17.3 Å². The number of anilines is 3. The van der Waals surface area contributed by atoms with Gasteiger partial charge in [-0.2, -0.15) is 0 Å². The Balaban J connectivity index is 2.32. The summed E-state index contributed by atoms with van der Waals surface area (Å²) in [5.41, 5.74) is 1.96. The normalized spacial score (nSPS) is 10.4. The molecule has 0 unspecified atom stereocenters. The van der Waals surface area contributed by atoms with Crippen molar-refractivity contribution in [3.05, 3.63) is 39.6 Å². The average molecular weight is 356 g/mol. The number of nitrogens with zero attached hydrogens (tertiary/aromatic N) is 2. The van der Waals surface area contributed by atoms with E-state index in [4.69, 9.17) is 11.6 Å². The lowest BCUT2D eigenvalue weighted by Gasteiger charge is -2.14. The van der Waals surface area contributed by atoms with Crippen molar-refractivity contribution in [3.63, 3.8) is 0 Å². The van der Waals surface area contributed by atoms with E-state index in [1.165, 1.54) is 0 Å². The number of halogens is 2. The second-order valence-corrected chi connectivity index (χ2v) is 5.45. The number of rotatable bonds is 5. The third-order valence-corrected chi connectivity index (χ3v) is 4.06. The van der Waals surface area contributed by atoms with Crippen molar-refractivity contribution in [3.8, 4) is 0 Å². The third kappa shape index (κ3) is 3.41. The minimum atomic E-state index is 0.661. The van der Waals surface area contributed by atoms with Crippen LogP contribution in [0, 0.1) is 0 Å². The predicted octanol–water partition coefficient (Wildman–Crippen LogP) is 4.63. The zero-order valence-electron chi connectivity index (χ0n) is 11.4.